The first kappa shape index (κ1) is 21.3. The first-order valence-corrected chi connectivity index (χ1v) is 10.8. The SMILES string of the molecule is O=C(NC1CCN(Cc2ccccc2)CC1)C1CN(C(=O)COc2ccccc2F)C1. The van der Waals surface area contributed by atoms with Gasteiger partial charge in [0.15, 0.2) is 18.2 Å². The van der Waals surface area contributed by atoms with Crippen LogP contribution in [0.2, 0.25) is 0 Å². The van der Waals surface area contributed by atoms with Crippen LogP contribution in [0.4, 0.5) is 4.39 Å². The van der Waals surface area contributed by atoms with Crippen LogP contribution in [0.3, 0.4) is 0 Å². The third kappa shape index (κ3) is 5.61. The molecule has 0 aliphatic carbocycles. The molecule has 2 aromatic carbocycles. The fourth-order valence-electron chi connectivity index (χ4n) is 4.04. The molecule has 2 fully saturated rings. The molecule has 0 saturated carbocycles. The number of para-hydroxylation sites is 1. The highest BCUT2D eigenvalue weighted by molar-refractivity contribution is 5.85. The average molecular weight is 426 g/mol. The average Bonchev–Trinajstić information content (AvgIpc) is 2.74. The Morgan fingerprint density at radius 2 is 1.68 bits per heavy atom. The van der Waals surface area contributed by atoms with Gasteiger partial charge in [0.2, 0.25) is 5.91 Å². The molecule has 2 amide bonds. The Hall–Kier alpha value is -2.93. The van der Waals surface area contributed by atoms with E-state index in [4.69, 9.17) is 4.74 Å². The first-order valence-electron chi connectivity index (χ1n) is 10.8. The zero-order valence-electron chi connectivity index (χ0n) is 17.5. The van der Waals surface area contributed by atoms with Crippen molar-refractivity contribution < 1.29 is 18.7 Å². The Labute approximate surface area is 182 Å². The van der Waals surface area contributed by atoms with Crippen LogP contribution in [0.15, 0.2) is 54.6 Å². The molecular formula is C24H28FN3O3. The van der Waals surface area contributed by atoms with Crippen LogP contribution in [0.25, 0.3) is 0 Å². The quantitative estimate of drug-likeness (QED) is 0.740. The van der Waals surface area contributed by atoms with Gasteiger partial charge in [-0.1, -0.05) is 42.5 Å². The van der Waals surface area contributed by atoms with Crippen LogP contribution in [-0.2, 0) is 16.1 Å². The van der Waals surface area contributed by atoms with Crippen LogP contribution in [0, 0.1) is 11.7 Å². The number of benzene rings is 2. The highest BCUT2D eigenvalue weighted by Gasteiger charge is 2.36. The first-order chi connectivity index (χ1) is 15.1. The number of ether oxygens (including phenoxy) is 1. The van der Waals surface area contributed by atoms with Crippen molar-refractivity contribution in [1.82, 2.24) is 15.1 Å². The number of amides is 2. The Morgan fingerprint density at radius 1 is 1.00 bits per heavy atom. The van der Waals surface area contributed by atoms with E-state index in [1.165, 1.54) is 17.7 Å². The number of rotatable bonds is 7. The molecule has 6 nitrogen and oxygen atoms in total. The molecule has 4 rings (SSSR count). The Bertz CT molecular complexity index is 894. The molecule has 1 N–H and O–H groups in total. The number of hydrogen-bond acceptors (Lipinski definition) is 4. The molecule has 0 radical (unpaired) electrons. The monoisotopic (exact) mass is 425 g/mol. The summed E-state index contributed by atoms with van der Waals surface area (Å²) >= 11 is 0. The second kappa shape index (κ2) is 9.92. The van der Waals surface area contributed by atoms with Gasteiger partial charge >= 0.3 is 0 Å². The summed E-state index contributed by atoms with van der Waals surface area (Å²) in [5, 5.41) is 3.15. The number of hydrogen-bond donors (Lipinski definition) is 1. The molecule has 164 valence electrons. The second-order valence-electron chi connectivity index (χ2n) is 8.26. The van der Waals surface area contributed by atoms with Crippen molar-refractivity contribution in [2.45, 2.75) is 25.4 Å². The number of piperidine rings is 1. The third-order valence-corrected chi connectivity index (χ3v) is 5.98. The lowest BCUT2D eigenvalue weighted by Crippen LogP contribution is -2.58. The van der Waals surface area contributed by atoms with Crippen LogP contribution in [-0.4, -0.2) is 60.4 Å². The molecule has 0 aromatic heterocycles. The smallest absolute Gasteiger partial charge is 0.260 e. The van der Waals surface area contributed by atoms with Gasteiger partial charge in [-0.25, -0.2) is 4.39 Å². The van der Waals surface area contributed by atoms with Crippen LogP contribution < -0.4 is 10.1 Å². The van der Waals surface area contributed by atoms with Gasteiger partial charge in [0.05, 0.1) is 5.92 Å². The van der Waals surface area contributed by atoms with Crippen molar-refractivity contribution in [3.8, 4) is 5.75 Å². The number of carbonyl (C=O) groups excluding carboxylic acids is 2. The summed E-state index contributed by atoms with van der Waals surface area (Å²) in [7, 11) is 0. The van der Waals surface area contributed by atoms with Gasteiger partial charge in [0, 0.05) is 38.8 Å². The summed E-state index contributed by atoms with van der Waals surface area (Å²) in [4.78, 5) is 28.7. The van der Waals surface area contributed by atoms with E-state index in [1.807, 2.05) is 6.07 Å². The maximum atomic E-state index is 13.6. The van der Waals surface area contributed by atoms with E-state index in [1.54, 1.807) is 17.0 Å². The molecule has 7 heteroatoms. The summed E-state index contributed by atoms with van der Waals surface area (Å²) in [6.07, 6.45) is 1.87. The molecule has 2 heterocycles. The molecule has 0 bridgehead atoms. The van der Waals surface area contributed by atoms with Crippen LogP contribution in [0.5, 0.6) is 5.75 Å². The molecule has 0 atom stereocenters. The van der Waals surface area contributed by atoms with E-state index in [0.29, 0.717) is 13.1 Å². The van der Waals surface area contributed by atoms with E-state index in [9.17, 15) is 14.0 Å². The van der Waals surface area contributed by atoms with Crippen molar-refractivity contribution in [3.63, 3.8) is 0 Å². The summed E-state index contributed by atoms with van der Waals surface area (Å²) < 4.78 is 18.8. The Morgan fingerprint density at radius 3 is 2.39 bits per heavy atom. The number of halogens is 1. The van der Waals surface area contributed by atoms with Gasteiger partial charge in [-0.15, -0.1) is 0 Å². The normalized spacial score (nSPS) is 17.8. The fraction of sp³-hybridized carbons (Fsp3) is 0.417. The van der Waals surface area contributed by atoms with E-state index in [0.717, 1.165) is 32.5 Å². The van der Waals surface area contributed by atoms with E-state index in [2.05, 4.69) is 34.5 Å². The summed E-state index contributed by atoms with van der Waals surface area (Å²) in [6.45, 7) is 3.41. The third-order valence-electron chi connectivity index (χ3n) is 5.98. The van der Waals surface area contributed by atoms with Crippen LogP contribution >= 0.6 is 0 Å². The fourth-order valence-corrected chi connectivity index (χ4v) is 4.04. The van der Waals surface area contributed by atoms with Gasteiger partial charge in [-0.2, -0.15) is 0 Å². The molecule has 2 aliphatic heterocycles. The zero-order valence-corrected chi connectivity index (χ0v) is 17.5. The van der Waals surface area contributed by atoms with Crippen LogP contribution in [0.1, 0.15) is 18.4 Å². The molecule has 2 aromatic rings. The van der Waals surface area contributed by atoms with Gasteiger partial charge in [-0.05, 0) is 30.5 Å². The summed E-state index contributed by atoms with van der Waals surface area (Å²) in [5.74, 6) is -0.836. The predicted octanol–water partition coefficient (Wildman–Crippen LogP) is 2.44. The van der Waals surface area contributed by atoms with Gasteiger partial charge in [0.1, 0.15) is 0 Å². The zero-order chi connectivity index (χ0) is 21.6. The molecule has 2 saturated heterocycles. The Kier molecular flexibility index (Phi) is 6.82. The number of nitrogens with one attached hydrogen (secondary N) is 1. The van der Waals surface area contributed by atoms with Gasteiger partial charge in [-0.3, -0.25) is 14.5 Å². The second-order valence-corrected chi connectivity index (χ2v) is 8.26. The summed E-state index contributed by atoms with van der Waals surface area (Å²) in [5.41, 5.74) is 1.31. The van der Waals surface area contributed by atoms with Crippen molar-refractivity contribution in [1.29, 1.82) is 0 Å². The number of nitrogens with zero attached hydrogens (tertiary/aromatic N) is 2. The van der Waals surface area contributed by atoms with Crippen molar-refractivity contribution in [2.24, 2.45) is 5.92 Å². The molecule has 2 aliphatic rings. The summed E-state index contributed by atoms with van der Waals surface area (Å²) in [6, 6.07) is 16.6. The molecule has 0 unspecified atom stereocenters. The largest absolute Gasteiger partial charge is 0.481 e. The molecule has 31 heavy (non-hydrogen) atoms. The minimum atomic E-state index is -0.494. The standard InChI is InChI=1S/C24H28FN3O3/c25-21-8-4-5-9-22(21)31-17-23(29)28-15-19(16-28)24(30)26-20-10-12-27(13-11-20)14-18-6-2-1-3-7-18/h1-9,19-20H,10-17H2,(H,26,30). The lowest BCUT2D eigenvalue weighted by molar-refractivity contribution is -0.145. The predicted molar refractivity (Wildman–Crippen MR) is 115 cm³/mol. The van der Waals surface area contributed by atoms with Crippen molar-refractivity contribution in [2.75, 3.05) is 32.8 Å². The van der Waals surface area contributed by atoms with E-state index in [-0.39, 0.29) is 36.1 Å². The van der Waals surface area contributed by atoms with Gasteiger partial charge in [0.25, 0.3) is 5.91 Å². The number of carbonyl (C=O) groups is 2. The maximum absolute atomic E-state index is 13.6. The lowest BCUT2D eigenvalue weighted by Gasteiger charge is -2.39. The van der Waals surface area contributed by atoms with Crippen molar-refractivity contribution in [3.05, 3.63) is 66.0 Å². The minimum absolute atomic E-state index is 0.0144. The van der Waals surface area contributed by atoms with Crippen molar-refractivity contribution >= 4 is 11.8 Å². The molecular weight excluding hydrogens is 397 g/mol. The van der Waals surface area contributed by atoms with E-state index < -0.39 is 5.82 Å². The number of likely N-dealkylation sites (tertiary alicyclic amines) is 2. The van der Waals surface area contributed by atoms with E-state index >= 15 is 0 Å². The Balaban J connectivity index is 1.13. The van der Waals surface area contributed by atoms with Gasteiger partial charge < -0.3 is 15.0 Å². The highest BCUT2D eigenvalue weighted by atomic mass is 19.1. The molecule has 0 spiro atoms. The maximum Gasteiger partial charge on any atom is 0.260 e. The minimum Gasteiger partial charge on any atom is -0.481 e. The lowest BCUT2D eigenvalue weighted by atomic mass is 9.97. The highest BCUT2D eigenvalue weighted by Crippen LogP contribution is 2.20. The topological polar surface area (TPSA) is 61.9 Å².